The van der Waals surface area contributed by atoms with Crippen LogP contribution in [0, 0.1) is 5.92 Å². The standard InChI is InChI=1S/C24H29N3O5/c1-31-18-5-3-4-17(12-18)15-25-24(30)23-19-8-9-26(21(28)13-16-6-7-16)10-11-27(19)22(29)14-20(23)32-2/h3-5,12,14,16H,6-11,13,15H2,1-2H3,(H,25,30). The van der Waals surface area contributed by atoms with Gasteiger partial charge in [-0.25, -0.2) is 0 Å². The number of pyridine rings is 1. The van der Waals surface area contributed by atoms with Gasteiger partial charge in [-0.15, -0.1) is 0 Å². The summed E-state index contributed by atoms with van der Waals surface area (Å²) in [6.07, 6.45) is 3.23. The lowest BCUT2D eigenvalue weighted by atomic mass is 10.1. The zero-order chi connectivity index (χ0) is 22.7. The lowest BCUT2D eigenvalue weighted by Gasteiger charge is -2.19. The predicted molar refractivity (Wildman–Crippen MR) is 119 cm³/mol. The number of carbonyl (C=O) groups excluding carboxylic acids is 2. The van der Waals surface area contributed by atoms with Crippen molar-refractivity contribution in [3.8, 4) is 11.5 Å². The number of nitrogens with zero attached hydrogens (tertiary/aromatic N) is 2. The zero-order valence-corrected chi connectivity index (χ0v) is 18.6. The predicted octanol–water partition coefficient (Wildman–Crippen LogP) is 1.98. The van der Waals surface area contributed by atoms with Crippen LogP contribution in [0.3, 0.4) is 0 Å². The molecule has 2 aromatic rings. The van der Waals surface area contributed by atoms with E-state index in [2.05, 4.69) is 5.32 Å². The highest BCUT2D eigenvalue weighted by atomic mass is 16.5. The van der Waals surface area contributed by atoms with E-state index in [1.54, 1.807) is 11.7 Å². The smallest absolute Gasteiger partial charge is 0.257 e. The van der Waals surface area contributed by atoms with E-state index >= 15 is 0 Å². The Morgan fingerprint density at radius 2 is 1.91 bits per heavy atom. The molecule has 32 heavy (non-hydrogen) atoms. The number of hydrogen-bond donors (Lipinski definition) is 1. The number of fused-ring (bicyclic) bond motifs is 1. The van der Waals surface area contributed by atoms with Crippen molar-refractivity contribution >= 4 is 11.8 Å². The van der Waals surface area contributed by atoms with Gasteiger partial charge in [0.2, 0.25) is 5.91 Å². The molecular weight excluding hydrogens is 410 g/mol. The van der Waals surface area contributed by atoms with Gasteiger partial charge in [0.1, 0.15) is 17.1 Å². The molecule has 2 amide bonds. The Labute approximate surface area is 187 Å². The molecule has 1 aromatic heterocycles. The number of carbonyl (C=O) groups is 2. The summed E-state index contributed by atoms with van der Waals surface area (Å²) in [6, 6.07) is 8.82. The van der Waals surface area contributed by atoms with Crippen LogP contribution in [0.15, 0.2) is 35.1 Å². The minimum absolute atomic E-state index is 0.129. The molecule has 8 nitrogen and oxygen atoms in total. The maximum absolute atomic E-state index is 13.2. The van der Waals surface area contributed by atoms with Crippen LogP contribution in [0.1, 0.15) is 40.9 Å². The fourth-order valence-corrected chi connectivity index (χ4v) is 4.16. The van der Waals surface area contributed by atoms with Gasteiger partial charge in [0, 0.05) is 50.8 Å². The fraction of sp³-hybridized carbons (Fsp3) is 0.458. The van der Waals surface area contributed by atoms with Crippen molar-refractivity contribution in [1.82, 2.24) is 14.8 Å². The first kappa shape index (κ1) is 21.9. The van der Waals surface area contributed by atoms with Crippen LogP contribution < -0.4 is 20.3 Å². The van der Waals surface area contributed by atoms with Crippen molar-refractivity contribution in [3.05, 3.63) is 57.5 Å². The lowest BCUT2D eigenvalue weighted by molar-refractivity contribution is -0.131. The quantitative estimate of drug-likeness (QED) is 0.713. The molecule has 1 fully saturated rings. The largest absolute Gasteiger partial charge is 0.497 e. The fourth-order valence-electron chi connectivity index (χ4n) is 4.16. The first-order valence-corrected chi connectivity index (χ1v) is 11.0. The van der Waals surface area contributed by atoms with Gasteiger partial charge in [0.05, 0.1) is 14.2 Å². The molecule has 170 valence electrons. The number of amides is 2. The molecule has 2 heterocycles. The van der Waals surface area contributed by atoms with Crippen LogP contribution in [-0.4, -0.2) is 48.6 Å². The highest BCUT2D eigenvalue weighted by Crippen LogP contribution is 2.33. The summed E-state index contributed by atoms with van der Waals surface area (Å²) < 4.78 is 12.2. The number of hydrogen-bond acceptors (Lipinski definition) is 5. The van der Waals surface area contributed by atoms with Crippen LogP contribution in [-0.2, 0) is 24.3 Å². The molecule has 1 N–H and O–H groups in total. The average molecular weight is 440 g/mol. The summed E-state index contributed by atoms with van der Waals surface area (Å²) in [5, 5.41) is 2.93. The summed E-state index contributed by atoms with van der Waals surface area (Å²) >= 11 is 0. The van der Waals surface area contributed by atoms with E-state index in [1.165, 1.54) is 13.2 Å². The van der Waals surface area contributed by atoms with Crippen LogP contribution in [0.4, 0.5) is 0 Å². The van der Waals surface area contributed by atoms with Gasteiger partial charge in [0.15, 0.2) is 0 Å². The second-order valence-corrected chi connectivity index (χ2v) is 8.34. The number of ether oxygens (including phenoxy) is 2. The van der Waals surface area contributed by atoms with Crippen molar-refractivity contribution in [2.75, 3.05) is 27.3 Å². The third-order valence-electron chi connectivity index (χ3n) is 6.14. The summed E-state index contributed by atoms with van der Waals surface area (Å²) in [6.45, 7) is 1.62. The first-order chi connectivity index (χ1) is 15.5. The SMILES string of the molecule is COc1cccc(CNC(=O)c2c(OC)cc(=O)n3c2CCN(C(=O)CC2CC2)CC3)c1. The van der Waals surface area contributed by atoms with Crippen molar-refractivity contribution in [1.29, 1.82) is 0 Å². The maximum atomic E-state index is 13.2. The Morgan fingerprint density at radius 1 is 1.09 bits per heavy atom. The van der Waals surface area contributed by atoms with Gasteiger partial charge >= 0.3 is 0 Å². The van der Waals surface area contributed by atoms with E-state index in [-0.39, 0.29) is 23.1 Å². The Hall–Kier alpha value is -3.29. The maximum Gasteiger partial charge on any atom is 0.257 e. The van der Waals surface area contributed by atoms with Gasteiger partial charge < -0.3 is 24.3 Å². The Kier molecular flexibility index (Phi) is 6.48. The highest BCUT2D eigenvalue weighted by Gasteiger charge is 2.30. The number of aromatic nitrogens is 1. The molecule has 0 radical (unpaired) electrons. The molecule has 1 aliphatic carbocycles. The number of benzene rings is 1. The Morgan fingerprint density at radius 3 is 2.62 bits per heavy atom. The summed E-state index contributed by atoms with van der Waals surface area (Å²) in [5.74, 6) is 1.29. The van der Waals surface area contributed by atoms with E-state index in [0.29, 0.717) is 61.9 Å². The van der Waals surface area contributed by atoms with Crippen LogP contribution >= 0.6 is 0 Å². The summed E-state index contributed by atoms with van der Waals surface area (Å²) in [4.78, 5) is 40.3. The number of methoxy groups -OCH3 is 2. The normalized spacial score (nSPS) is 15.5. The zero-order valence-electron chi connectivity index (χ0n) is 18.6. The average Bonchev–Trinajstić information content (AvgIpc) is 3.63. The van der Waals surface area contributed by atoms with Crippen LogP contribution in [0.5, 0.6) is 11.5 Å². The van der Waals surface area contributed by atoms with Crippen LogP contribution in [0.2, 0.25) is 0 Å². The minimum atomic E-state index is -0.314. The first-order valence-electron chi connectivity index (χ1n) is 11.0. The monoisotopic (exact) mass is 439 g/mol. The van der Waals surface area contributed by atoms with Crippen molar-refractivity contribution in [2.24, 2.45) is 5.92 Å². The van der Waals surface area contributed by atoms with Crippen LogP contribution in [0.25, 0.3) is 0 Å². The molecule has 0 atom stereocenters. The van der Waals surface area contributed by atoms with Crippen molar-refractivity contribution in [3.63, 3.8) is 0 Å². The number of rotatable bonds is 7. The third-order valence-corrected chi connectivity index (χ3v) is 6.14. The van der Waals surface area contributed by atoms with E-state index in [4.69, 9.17) is 9.47 Å². The topological polar surface area (TPSA) is 89.9 Å². The van der Waals surface area contributed by atoms with E-state index in [1.807, 2.05) is 29.2 Å². The molecule has 8 heteroatoms. The molecular formula is C24H29N3O5. The van der Waals surface area contributed by atoms with Gasteiger partial charge in [0.25, 0.3) is 11.5 Å². The molecule has 4 rings (SSSR count). The minimum Gasteiger partial charge on any atom is -0.497 e. The molecule has 1 aromatic carbocycles. The van der Waals surface area contributed by atoms with Crippen molar-refractivity contribution in [2.45, 2.75) is 38.8 Å². The lowest BCUT2D eigenvalue weighted by Crippen LogP contribution is -2.34. The van der Waals surface area contributed by atoms with E-state index in [0.717, 1.165) is 18.4 Å². The molecule has 0 saturated heterocycles. The van der Waals surface area contributed by atoms with Crippen molar-refractivity contribution < 1.29 is 19.1 Å². The molecule has 1 saturated carbocycles. The summed E-state index contributed by atoms with van der Waals surface area (Å²) in [5.41, 5.74) is 1.64. The number of nitrogens with one attached hydrogen (secondary N) is 1. The Bertz CT molecular complexity index is 1070. The van der Waals surface area contributed by atoms with Gasteiger partial charge in [-0.3, -0.25) is 14.4 Å². The molecule has 0 unspecified atom stereocenters. The highest BCUT2D eigenvalue weighted by molar-refractivity contribution is 5.98. The van der Waals surface area contributed by atoms with Gasteiger partial charge in [-0.2, -0.15) is 0 Å². The third kappa shape index (κ3) is 4.79. The Balaban J connectivity index is 1.56. The second-order valence-electron chi connectivity index (χ2n) is 8.34. The second kappa shape index (κ2) is 9.46. The van der Waals surface area contributed by atoms with Gasteiger partial charge in [-0.1, -0.05) is 12.1 Å². The van der Waals surface area contributed by atoms with E-state index < -0.39 is 0 Å². The van der Waals surface area contributed by atoms with E-state index in [9.17, 15) is 14.4 Å². The molecule has 1 aliphatic heterocycles. The molecule has 0 spiro atoms. The van der Waals surface area contributed by atoms with Gasteiger partial charge in [-0.05, 0) is 36.5 Å². The summed E-state index contributed by atoms with van der Waals surface area (Å²) in [7, 11) is 3.05. The molecule has 2 aliphatic rings. The molecule has 0 bridgehead atoms.